The lowest BCUT2D eigenvalue weighted by Gasteiger charge is -2.40. The molecule has 0 aliphatic carbocycles. The standard InChI is InChI=1S/C29H40BN5O6S/c1-19-10-12-21(13-11-19)42(37,38)35-17-22(30-40-28(6,7)29(8,9)41-30)23-24(31-18-32-25(23)35)33-14-15-34(20(2)16-33)26(36)39-27(3,4)5/h10-13,17-18,20H,14-16H2,1-9H3/t20-/m1/s1. The van der Waals surface area contributed by atoms with Crippen molar-refractivity contribution in [2.24, 2.45) is 0 Å². The van der Waals surface area contributed by atoms with Gasteiger partial charge in [0.25, 0.3) is 10.0 Å². The number of aromatic nitrogens is 3. The molecule has 1 atom stereocenters. The molecule has 0 radical (unpaired) electrons. The van der Waals surface area contributed by atoms with Gasteiger partial charge in [-0.15, -0.1) is 0 Å². The normalized spacial score (nSPS) is 20.8. The van der Waals surface area contributed by atoms with Gasteiger partial charge >= 0.3 is 13.2 Å². The van der Waals surface area contributed by atoms with Crippen LogP contribution >= 0.6 is 0 Å². The van der Waals surface area contributed by atoms with E-state index in [1.807, 2.05) is 67.2 Å². The summed E-state index contributed by atoms with van der Waals surface area (Å²) in [4.78, 5) is 25.9. The van der Waals surface area contributed by atoms with Gasteiger partial charge in [0.15, 0.2) is 5.65 Å². The van der Waals surface area contributed by atoms with Crippen LogP contribution in [0.3, 0.4) is 0 Å². The minimum absolute atomic E-state index is 0.144. The minimum Gasteiger partial charge on any atom is -0.444 e. The number of nitrogens with zero attached hydrogens (tertiary/aromatic N) is 5. The van der Waals surface area contributed by atoms with Gasteiger partial charge in [-0.1, -0.05) is 17.7 Å². The van der Waals surface area contributed by atoms with Gasteiger partial charge in [0, 0.05) is 37.3 Å². The lowest BCUT2D eigenvalue weighted by molar-refractivity contribution is 0.00578. The maximum absolute atomic E-state index is 14.0. The van der Waals surface area contributed by atoms with E-state index in [1.165, 1.54) is 10.3 Å². The average Bonchev–Trinajstić information content (AvgIpc) is 3.37. The van der Waals surface area contributed by atoms with Crippen LogP contribution in [-0.2, 0) is 24.1 Å². The average molecular weight is 598 g/mol. The summed E-state index contributed by atoms with van der Waals surface area (Å²) < 4.78 is 47.5. The molecule has 13 heteroatoms. The van der Waals surface area contributed by atoms with Crippen molar-refractivity contribution in [2.75, 3.05) is 24.5 Å². The molecule has 2 saturated heterocycles. The molecule has 2 aromatic heterocycles. The Kier molecular flexibility index (Phi) is 7.39. The first kappa shape index (κ1) is 30.3. The van der Waals surface area contributed by atoms with Crippen molar-refractivity contribution in [2.45, 2.75) is 90.1 Å². The summed E-state index contributed by atoms with van der Waals surface area (Å²) in [5, 5.41) is 0.532. The van der Waals surface area contributed by atoms with Crippen LogP contribution < -0.4 is 10.4 Å². The van der Waals surface area contributed by atoms with Crippen LogP contribution in [-0.4, -0.2) is 82.9 Å². The number of fused-ring (bicyclic) bond motifs is 1. The highest BCUT2D eigenvalue weighted by atomic mass is 32.2. The van der Waals surface area contributed by atoms with E-state index in [-0.39, 0.29) is 22.7 Å². The highest BCUT2D eigenvalue weighted by Gasteiger charge is 2.53. The van der Waals surface area contributed by atoms with Crippen molar-refractivity contribution in [1.82, 2.24) is 18.8 Å². The maximum Gasteiger partial charge on any atom is 0.497 e. The smallest absolute Gasteiger partial charge is 0.444 e. The van der Waals surface area contributed by atoms with E-state index in [4.69, 9.17) is 14.0 Å². The van der Waals surface area contributed by atoms with E-state index in [9.17, 15) is 13.2 Å². The van der Waals surface area contributed by atoms with Gasteiger partial charge in [0.1, 0.15) is 17.7 Å². The number of piperazine rings is 1. The van der Waals surface area contributed by atoms with E-state index in [1.54, 1.807) is 35.4 Å². The lowest BCUT2D eigenvalue weighted by Crippen LogP contribution is -2.55. The quantitative estimate of drug-likeness (QED) is 0.415. The number of rotatable bonds is 4. The Morgan fingerprint density at radius 3 is 2.24 bits per heavy atom. The molecule has 2 aliphatic heterocycles. The Morgan fingerprint density at radius 1 is 1.05 bits per heavy atom. The summed E-state index contributed by atoms with van der Waals surface area (Å²) in [6.45, 7) is 18.5. The summed E-state index contributed by atoms with van der Waals surface area (Å²) in [5.74, 6) is 0.554. The topological polar surface area (TPSA) is 116 Å². The highest BCUT2D eigenvalue weighted by Crippen LogP contribution is 2.38. The largest absolute Gasteiger partial charge is 0.497 e. The SMILES string of the molecule is Cc1ccc(S(=O)(=O)n2cc(B3OC(C)(C)C(C)(C)O3)c3c(N4CCN(C(=O)OC(C)(C)C)[C@H](C)C4)ncnc32)cc1. The van der Waals surface area contributed by atoms with Crippen LogP contribution in [0.25, 0.3) is 11.0 Å². The van der Waals surface area contributed by atoms with Crippen molar-refractivity contribution >= 4 is 45.5 Å². The van der Waals surface area contributed by atoms with E-state index in [0.29, 0.717) is 36.3 Å². The van der Waals surface area contributed by atoms with Gasteiger partial charge in [-0.05, 0) is 74.4 Å². The first-order chi connectivity index (χ1) is 19.4. The van der Waals surface area contributed by atoms with E-state index < -0.39 is 33.9 Å². The number of aryl methyl sites for hydroxylation is 1. The molecule has 2 fully saturated rings. The van der Waals surface area contributed by atoms with E-state index in [0.717, 1.165) is 5.56 Å². The molecule has 11 nitrogen and oxygen atoms in total. The zero-order valence-corrected chi connectivity index (χ0v) is 26.7. The van der Waals surface area contributed by atoms with Crippen LogP contribution in [0.2, 0.25) is 0 Å². The van der Waals surface area contributed by atoms with Crippen molar-refractivity contribution in [3.8, 4) is 0 Å². The van der Waals surface area contributed by atoms with Gasteiger partial charge in [-0.25, -0.2) is 27.2 Å². The Labute approximate surface area is 248 Å². The van der Waals surface area contributed by atoms with Crippen LogP contribution in [0, 0.1) is 6.92 Å². The monoisotopic (exact) mass is 597 g/mol. The Hall–Kier alpha value is -3.16. The molecule has 4 heterocycles. The molecule has 0 unspecified atom stereocenters. The third kappa shape index (κ3) is 5.38. The zero-order valence-electron chi connectivity index (χ0n) is 25.8. The summed E-state index contributed by atoms with van der Waals surface area (Å²) in [6, 6.07) is 6.52. The maximum atomic E-state index is 14.0. The summed E-state index contributed by atoms with van der Waals surface area (Å²) >= 11 is 0. The predicted molar refractivity (Wildman–Crippen MR) is 162 cm³/mol. The fourth-order valence-electron chi connectivity index (χ4n) is 5.18. The molecular formula is C29H40BN5O6S. The molecule has 5 rings (SSSR count). The molecule has 3 aromatic rings. The number of anilines is 1. The highest BCUT2D eigenvalue weighted by molar-refractivity contribution is 7.90. The Morgan fingerprint density at radius 2 is 1.67 bits per heavy atom. The second-order valence-corrected chi connectivity index (χ2v) is 15.0. The molecule has 42 heavy (non-hydrogen) atoms. The van der Waals surface area contributed by atoms with Gasteiger partial charge in [-0.3, -0.25) is 0 Å². The fourth-order valence-corrected chi connectivity index (χ4v) is 6.51. The Balaban J connectivity index is 1.61. The first-order valence-electron chi connectivity index (χ1n) is 14.2. The molecule has 0 bridgehead atoms. The minimum atomic E-state index is -4.02. The molecule has 0 N–H and O–H groups in total. The second kappa shape index (κ2) is 10.2. The van der Waals surface area contributed by atoms with Crippen molar-refractivity contribution < 1.29 is 27.3 Å². The van der Waals surface area contributed by atoms with Crippen LogP contribution in [0.5, 0.6) is 0 Å². The van der Waals surface area contributed by atoms with Crippen LogP contribution in [0.4, 0.5) is 10.6 Å². The third-order valence-electron chi connectivity index (χ3n) is 8.20. The molecule has 226 valence electrons. The van der Waals surface area contributed by atoms with E-state index in [2.05, 4.69) is 9.97 Å². The number of ether oxygens (including phenoxy) is 1. The number of carbonyl (C=O) groups is 1. The predicted octanol–water partition coefficient (Wildman–Crippen LogP) is 3.72. The van der Waals surface area contributed by atoms with Crippen LogP contribution in [0.1, 0.15) is 61.0 Å². The molecule has 2 aliphatic rings. The van der Waals surface area contributed by atoms with Gasteiger partial charge in [0.2, 0.25) is 0 Å². The zero-order chi connectivity index (χ0) is 30.8. The summed E-state index contributed by atoms with van der Waals surface area (Å²) in [7, 11) is -4.87. The summed E-state index contributed by atoms with van der Waals surface area (Å²) in [5.41, 5.74) is -0.189. The molecule has 0 saturated carbocycles. The second-order valence-electron chi connectivity index (χ2n) is 13.2. The van der Waals surface area contributed by atoms with Gasteiger partial charge in [-0.2, -0.15) is 0 Å². The lowest BCUT2D eigenvalue weighted by atomic mass is 9.79. The van der Waals surface area contributed by atoms with Crippen molar-refractivity contribution in [3.05, 3.63) is 42.4 Å². The first-order valence-corrected chi connectivity index (χ1v) is 15.6. The molecular weight excluding hydrogens is 557 g/mol. The number of amides is 1. The number of hydrogen-bond donors (Lipinski definition) is 0. The molecule has 1 aromatic carbocycles. The van der Waals surface area contributed by atoms with Gasteiger partial charge < -0.3 is 23.8 Å². The van der Waals surface area contributed by atoms with Crippen LogP contribution in [0.15, 0.2) is 41.7 Å². The number of benzene rings is 1. The molecule has 0 spiro atoms. The Bertz CT molecular complexity index is 1600. The molecule has 1 amide bonds. The number of carbonyl (C=O) groups excluding carboxylic acids is 1. The van der Waals surface area contributed by atoms with Gasteiger partial charge in [0.05, 0.1) is 21.5 Å². The summed E-state index contributed by atoms with van der Waals surface area (Å²) in [6.07, 6.45) is 2.55. The van der Waals surface area contributed by atoms with Crippen molar-refractivity contribution in [1.29, 1.82) is 0 Å². The van der Waals surface area contributed by atoms with E-state index >= 15 is 0 Å². The van der Waals surface area contributed by atoms with Crippen molar-refractivity contribution in [3.63, 3.8) is 0 Å². The third-order valence-corrected chi connectivity index (χ3v) is 9.87. The fraction of sp³-hybridized carbons (Fsp3) is 0.552. The number of hydrogen-bond acceptors (Lipinski definition) is 9.